The van der Waals surface area contributed by atoms with E-state index in [0.717, 1.165) is 45.3 Å². The van der Waals surface area contributed by atoms with Gasteiger partial charge in [0, 0.05) is 49.5 Å². The van der Waals surface area contributed by atoms with Crippen LogP contribution in [0, 0.1) is 17.3 Å². The summed E-state index contributed by atoms with van der Waals surface area (Å²) in [7, 11) is 0. The molecule has 1 aromatic heterocycles. The lowest BCUT2D eigenvalue weighted by atomic mass is 9.76. The number of hydrogen-bond acceptors (Lipinski definition) is 6. The number of nitrogens with zero attached hydrogens (tertiary/aromatic N) is 3. The minimum absolute atomic E-state index is 0.0987. The number of hydrogen-bond donors (Lipinski definition) is 2. The summed E-state index contributed by atoms with van der Waals surface area (Å²) in [4.78, 5) is 23.5. The van der Waals surface area contributed by atoms with Gasteiger partial charge in [-0.1, -0.05) is 0 Å². The summed E-state index contributed by atoms with van der Waals surface area (Å²) in [6, 6.07) is 2.14. The van der Waals surface area contributed by atoms with Crippen molar-refractivity contribution in [3.05, 3.63) is 18.5 Å². The number of nitrogens with one attached hydrogen (secondary N) is 1. The van der Waals surface area contributed by atoms with E-state index < -0.39 is 0 Å². The van der Waals surface area contributed by atoms with Crippen molar-refractivity contribution in [2.75, 3.05) is 38.2 Å². The van der Waals surface area contributed by atoms with E-state index in [1.54, 1.807) is 18.5 Å². The van der Waals surface area contributed by atoms with E-state index in [1.165, 1.54) is 0 Å². The lowest BCUT2D eigenvalue weighted by Crippen LogP contribution is -2.44. The molecule has 2 aliphatic heterocycles. The minimum Gasteiger partial charge on any atom is -0.396 e. The Morgan fingerprint density at radius 2 is 2.04 bits per heavy atom. The molecular formula is C19H28N4O3. The highest BCUT2D eigenvalue weighted by Crippen LogP contribution is 2.42. The number of amides is 1. The van der Waals surface area contributed by atoms with Crippen LogP contribution in [0.3, 0.4) is 0 Å². The van der Waals surface area contributed by atoms with Crippen LogP contribution in [0.5, 0.6) is 0 Å². The number of fused-ring (bicyclic) bond motifs is 1. The van der Waals surface area contributed by atoms with Gasteiger partial charge in [0.2, 0.25) is 11.9 Å². The molecule has 1 amide bonds. The lowest BCUT2D eigenvalue weighted by Gasteiger charge is -2.36. The van der Waals surface area contributed by atoms with Gasteiger partial charge in [-0.15, -0.1) is 0 Å². The Labute approximate surface area is 154 Å². The van der Waals surface area contributed by atoms with Crippen LogP contribution in [-0.4, -0.2) is 64.8 Å². The van der Waals surface area contributed by atoms with Crippen molar-refractivity contribution in [1.82, 2.24) is 14.9 Å². The number of aliphatic hydroxyl groups is 1. The Morgan fingerprint density at radius 3 is 2.73 bits per heavy atom. The molecule has 1 saturated carbocycles. The van der Waals surface area contributed by atoms with Crippen molar-refractivity contribution < 1.29 is 14.6 Å². The number of rotatable bonds is 4. The van der Waals surface area contributed by atoms with Crippen molar-refractivity contribution >= 4 is 11.9 Å². The molecule has 3 fully saturated rings. The summed E-state index contributed by atoms with van der Waals surface area (Å²) < 4.78 is 5.60. The first-order chi connectivity index (χ1) is 12.7. The zero-order valence-electron chi connectivity index (χ0n) is 15.1. The molecule has 142 valence electrons. The van der Waals surface area contributed by atoms with E-state index in [1.807, 2.05) is 4.90 Å². The third kappa shape index (κ3) is 3.42. The van der Waals surface area contributed by atoms with Crippen LogP contribution in [-0.2, 0) is 9.53 Å². The predicted molar refractivity (Wildman–Crippen MR) is 96.4 cm³/mol. The molecule has 4 rings (SSSR count). The standard InChI is InChI=1S/C19H28N4O3/c24-12-19-11-23(10-15(19)6-9-26-13-19)17(25)14-2-4-16(5-3-14)22-18-20-7-1-8-21-18/h1,7-8,14-16,24H,2-6,9-13H2,(H,20,21,22)/t14?,15-,16?,19+/m0/s1. The predicted octanol–water partition coefficient (Wildman–Crippen LogP) is 1.30. The maximum absolute atomic E-state index is 13.0. The smallest absolute Gasteiger partial charge is 0.225 e. The van der Waals surface area contributed by atoms with Gasteiger partial charge in [0.1, 0.15) is 0 Å². The van der Waals surface area contributed by atoms with Gasteiger partial charge in [0.05, 0.1) is 13.2 Å². The van der Waals surface area contributed by atoms with Gasteiger partial charge in [-0.3, -0.25) is 4.79 Å². The molecule has 3 heterocycles. The molecule has 3 aliphatic rings. The zero-order chi connectivity index (χ0) is 18.0. The summed E-state index contributed by atoms with van der Waals surface area (Å²) in [6.45, 7) is 2.84. The van der Waals surface area contributed by atoms with Crippen LogP contribution in [0.1, 0.15) is 32.1 Å². The number of likely N-dealkylation sites (tertiary alicyclic amines) is 1. The Morgan fingerprint density at radius 1 is 1.27 bits per heavy atom. The molecule has 2 N–H and O–H groups in total. The van der Waals surface area contributed by atoms with Gasteiger partial charge < -0.3 is 20.1 Å². The summed E-state index contributed by atoms with van der Waals surface area (Å²) in [6.07, 6.45) is 8.12. The first kappa shape index (κ1) is 17.7. The van der Waals surface area contributed by atoms with Crippen LogP contribution in [0.4, 0.5) is 5.95 Å². The van der Waals surface area contributed by atoms with E-state index in [4.69, 9.17) is 4.74 Å². The van der Waals surface area contributed by atoms with Crippen LogP contribution >= 0.6 is 0 Å². The number of ether oxygens (including phenoxy) is 1. The average Bonchev–Trinajstić information content (AvgIpc) is 3.09. The quantitative estimate of drug-likeness (QED) is 0.842. The van der Waals surface area contributed by atoms with Crippen molar-refractivity contribution in [1.29, 1.82) is 0 Å². The summed E-state index contributed by atoms with van der Waals surface area (Å²) in [5.41, 5.74) is -0.239. The molecule has 1 aliphatic carbocycles. The zero-order valence-corrected chi connectivity index (χ0v) is 15.1. The van der Waals surface area contributed by atoms with E-state index >= 15 is 0 Å². The minimum atomic E-state index is -0.239. The van der Waals surface area contributed by atoms with E-state index in [2.05, 4.69) is 15.3 Å². The van der Waals surface area contributed by atoms with Crippen LogP contribution in [0.25, 0.3) is 0 Å². The molecule has 2 atom stereocenters. The molecular weight excluding hydrogens is 332 g/mol. The fraction of sp³-hybridized carbons (Fsp3) is 0.737. The molecule has 0 spiro atoms. The molecule has 1 aromatic rings. The molecule has 2 saturated heterocycles. The lowest BCUT2D eigenvalue weighted by molar-refractivity contribution is -0.136. The summed E-state index contributed by atoms with van der Waals surface area (Å²) in [5, 5.41) is 13.3. The maximum atomic E-state index is 13.0. The summed E-state index contributed by atoms with van der Waals surface area (Å²) >= 11 is 0. The third-order valence-corrected chi connectivity index (χ3v) is 6.41. The number of carbonyl (C=O) groups is 1. The highest BCUT2D eigenvalue weighted by atomic mass is 16.5. The first-order valence-corrected chi connectivity index (χ1v) is 9.71. The topological polar surface area (TPSA) is 87.6 Å². The normalized spacial score (nSPS) is 34.3. The second-order valence-corrected chi connectivity index (χ2v) is 8.04. The molecule has 26 heavy (non-hydrogen) atoms. The Balaban J connectivity index is 1.31. The van der Waals surface area contributed by atoms with Crippen LogP contribution < -0.4 is 5.32 Å². The van der Waals surface area contributed by atoms with E-state index in [-0.39, 0.29) is 23.8 Å². The summed E-state index contributed by atoms with van der Waals surface area (Å²) in [5.74, 6) is 1.40. The van der Waals surface area contributed by atoms with Gasteiger partial charge in [-0.05, 0) is 44.1 Å². The van der Waals surface area contributed by atoms with Crippen LogP contribution in [0.2, 0.25) is 0 Å². The maximum Gasteiger partial charge on any atom is 0.225 e. The first-order valence-electron chi connectivity index (χ1n) is 9.71. The molecule has 7 heteroatoms. The number of aromatic nitrogens is 2. The van der Waals surface area contributed by atoms with Gasteiger partial charge in [-0.2, -0.15) is 0 Å². The molecule has 7 nitrogen and oxygen atoms in total. The average molecular weight is 360 g/mol. The fourth-order valence-corrected chi connectivity index (χ4v) is 4.79. The highest BCUT2D eigenvalue weighted by Gasteiger charge is 2.50. The van der Waals surface area contributed by atoms with Crippen molar-refractivity contribution in [3.63, 3.8) is 0 Å². The number of aliphatic hydroxyl groups excluding tert-OH is 1. The van der Waals surface area contributed by atoms with Crippen LogP contribution in [0.15, 0.2) is 18.5 Å². The van der Waals surface area contributed by atoms with E-state index in [0.29, 0.717) is 31.1 Å². The number of carbonyl (C=O) groups excluding carboxylic acids is 1. The second-order valence-electron chi connectivity index (χ2n) is 8.04. The van der Waals surface area contributed by atoms with Gasteiger partial charge in [-0.25, -0.2) is 9.97 Å². The van der Waals surface area contributed by atoms with Gasteiger partial charge in [0.25, 0.3) is 0 Å². The fourth-order valence-electron chi connectivity index (χ4n) is 4.79. The van der Waals surface area contributed by atoms with Crippen molar-refractivity contribution in [3.8, 4) is 0 Å². The molecule has 0 aromatic carbocycles. The van der Waals surface area contributed by atoms with E-state index in [9.17, 15) is 9.90 Å². The Bertz CT molecular complexity index is 620. The number of anilines is 1. The highest BCUT2D eigenvalue weighted by molar-refractivity contribution is 5.79. The largest absolute Gasteiger partial charge is 0.396 e. The Kier molecular flexibility index (Phi) is 5.09. The molecule has 0 radical (unpaired) electrons. The molecule has 0 bridgehead atoms. The monoisotopic (exact) mass is 360 g/mol. The Hall–Kier alpha value is -1.73. The van der Waals surface area contributed by atoms with Crippen molar-refractivity contribution in [2.45, 2.75) is 38.1 Å². The third-order valence-electron chi connectivity index (χ3n) is 6.41. The van der Waals surface area contributed by atoms with Gasteiger partial charge >= 0.3 is 0 Å². The van der Waals surface area contributed by atoms with Gasteiger partial charge in [0.15, 0.2) is 0 Å². The second kappa shape index (κ2) is 7.48. The molecule has 0 unspecified atom stereocenters. The SMILES string of the molecule is O=C(C1CCC(Nc2ncccn2)CC1)N1C[C@@H]2CCOC[C@]2(CO)C1. The van der Waals surface area contributed by atoms with Crippen molar-refractivity contribution in [2.24, 2.45) is 17.3 Å².